The molecule has 5 nitrogen and oxygen atoms in total. The lowest BCUT2D eigenvalue weighted by Gasteiger charge is -2.11. The number of aromatic nitrogens is 1. The summed E-state index contributed by atoms with van der Waals surface area (Å²) in [7, 11) is 0. The van der Waals surface area contributed by atoms with Crippen LogP contribution in [0.2, 0.25) is 0 Å². The first kappa shape index (κ1) is 14.1. The van der Waals surface area contributed by atoms with Crippen LogP contribution in [0, 0.1) is 0 Å². The molecule has 4 N–H and O–H groups in total. The van der Waals surface area contributed by atoms with Crippen molar-refractivity contribution in [2.75, 3.05) is 12.3 Å². The third-order valence-electron chi connectivity index (χ3n) is 2.74. The minimum absolute atomic E-state index is 0.0164. The highest BCUT2D eigenvalue weighted by molar-refractivity contribution is 5.99. The number of nitrogens with zero attached hydrogens (tertiary/aromatic N) is 1. The number of aliphatic hydroxyl groups is 1. The molecule has 0 spiro atoms. The van der Waals surface area contributed by atoms with Crippen molar-refractivity contribution >= 4 is 22.5 Å². The Morgan fingerprint density at radius 2 is 2.10 bits per heavy atom. The predicted molar refractivity (Wildman–Crippen MR) is 70.5 cm³/mol. The van der Waals surface area contributed by atoms with Gasteiger partial charge < -0.3 is 16.2 Å². The number of carbonyl (C=O) groups excluding carboxylic acids is 1. The van der Waals surface area contributed by atoms with Gasteiger partial charge in [0.25, 0.3) is 12.3 Å². The summed E-state index contributed by atoms with van der Waals surface area (Å²) < 4.78 is 24.2. The number of benzene rings is 1. The van der Waals surface area contributed by atoms with Gasteiger partial charge in [0.2, 0.25) is 0 Å². The molecule has 20 heavy (non-hydrogen) atoms. The molecular weight excluding hydrogens is 268 g/mol. The first-order chi connectivity index (χ1) is 9.49. The molecule has 0 saturated carbocycles. The van der Waals surface area contributed by atoms with E-state index in [1.165, 1.54) is 6.07 Å². The number of aliphatic hydroxyl groups excluding tert-OH is 1. The van der Waals surface area contributed by atoms with Crippen LogP contribution in [0.15, 0.2) is 30.3 Å². The molecule has 2 aromatic rings. The first-order valence-corrected chi connectivity index (χ1v) is 5.88. The zero-order valence-corrected chi connectivity index (χ0v) is 10.4. The number of alkyl halides is 2. The molecule has 1 aromatic heterocycles. The molecule has 2 rings (SSSR count). The summed E-state index contributed by atoms with van der Waals surface area (Å²) in [5.74, 6) is -0.665. The number of pyridine rings is 1. The fraction of sp³-hybridized carbons (Fsp3) is 0.231. The Balaban J connectivity index is 2.18. The van der Waals surface area contributed by atoms with Crippen molar-refractivity contribution in [3.05, 3.63) is 36.0 Å². The highest BCUT2D eigenvalue weighted by Gasteiger charge is 2.18. The number of nitrogen functional groups attached to an aromatic ring is 1. The van der Waals surface area contributed by atoms with Gasteiger partial charge in [0.05, 0.1) is 5.52 Å². The Kier molecular flexibility index (Phi) is 4.09. The van der Waals surface area contributed by atoms with Crippen molar-refractivity contribution < 1.29 is 18.7 Å². The van der Waals surface area contributed by atoms with Gasteiger partial charge in [-0.25, -0.2) is 13.8 Å². The summed E-state index contributed by atoms with van der Waals surface area (Å²) in [6, 6.07) is 8.36. The second-order valence-corrected chi connectivity index (χ2v) is 4.23. The largest absolute Gasteiger partial charge is 0.398 e. The zero-order valence-electron chi connectivity index (χ0n) is 10.4. The number of nitrogens with two attached hydrogens (primary N) is 1. The van der Waals surface area contributed by atoms with Gasteiger partial charge in [0.1, 0.15) is 11.8 Å². The minimum atomic E-state index is -2.91. The van der Waals surface area contributed by atoms with Crippen LogP contribution in [0.1, 0.15) is 10.5 Å². The molecule has 1 amide bonds. The van der Waals surface area contributed by atoms with Gasteiger partial charge in [-0.3, -0.25) is 4.79 Å². The minimum Gasteiger partial charge on any atom is -0.398 e. The maximum absolute atomic E-state index is 12.1. The smallest absolute Gasteiger partial charge is 0.270 e. The Morgan fingerprint density at radius 3 is 2.80 bits per heavy atom. The number of carbonyl (C=O) groups is 1. The highest BCUT2D eigenvalue weighted by Crippen LogP contribution is 2.19. The Hall–Kier alpha value is -2.28. The second-order valence-electron chi connectivity index (χ2n) is 4.23. The molecular formula is C13H13F2N3O2. The predicted octanol–water partition coefficient (Wildman–Crippen LogP) is 1.17. The Morgan fingerprint density at radius 1 is 1.40 bits per heavy atom. The van der Waals surface area contributed by atoms with Gasteiger partial charge in [-0.15, -0.1) is 0 Å². The van der Waals surface area contributed by atoms with Crippen LogP contribution in [0.4, 0.5) is 14.5 Å². The van der Waals surface area contributed by atoms with Gasteiger partial charge in [0, 0.05) is 17.6 Å². The molecule has 7 heteroatoms. The summed E-state index contributed by atoms with van der Waals surface area (Å²) in [5, 5.41) is 11.8. The lowest BCUT2D eigenvalue weighted by Crippen LogP contribution is -2.36. The van der Waals surface area contributed by atoms with E-state index in [1.54, 1.807) is 24.3 Å². The quantitative estimate of drug-likeness (QED) is 0.785. The van der Waals surface area contributed by atoms with E-state index in [0.717, 1.165) is 0 Å². The molecule has 1 atom stereocenters. The average molecular weight is 281 g/mol. The number of halogens is 2. The maximum atomic E-state index is 12.1. The summed E-state index contributed by atoms with van der Waals surface area (Å²) in [6.07, 6.45) is -4.82. The monoisotopic (exact) mass is 281 g/mol. The molecule has 0 saturated heterocycles. The van der Waals surface area contributed by atoms with Gasteiger partial charge in [-0.2, -0.15) is 0 Å². The number of rotatable bonds is 4. The fourth-order valence-corrected chi connectivity index (χ4v) is 1.70. The van der Waals surface area contributed by atoms with Crippen molar-refractivity contribution in [2.24, 2.45) is 0 Å². The van der Waals surface area contributed by atoms with Crippen LogP contribution < -0.4 is 11.1 Å². The second kappa shape index (κ2) is 5.79. The van der Waals surface area contributed by atoms with Crippen molar-refractivity contribution in [2.45, 2.75) is 12.5 Å². The van der Waals surface area contributed by atoms with E-state index >= 15 is 0 Å². The summed E-state index contributed by atoms with van der Waals surface area (Å²) in [4.78, 5) is 15.9. The van der Waals surface area contributed by atoms with Crippen molar-refractivity contribution in [3.63, 3.8) is 0 Å². The number of anilines is 1. The van der Waals surface area contributed by atoms with Crippen LogP contribution in [0.5, 0.6) is 0 Å². The van der Waals surface area contributed by atoms with E-state index in [9.17, 15) is 13.6 Å². The molecule has 1 unspecified atom stereocenters. The number of para-hydroxylation sites is 1. The van der Waals surface area contributed by atoms with Crippen molar-refractivity contribution in [1.29, 1.82) is 0 Å². The van der Waals surface area contributed by atoms with Gasteiger partial charge in [-0.1, -0.05) is 18.2 Å². The first-order valence-electron chi connectivity index (χ1n) is 5.88. The average Bonchev–Trinajstić information content (AvgIpc) is 2.44. The third-order valence-corrected chi connectivity index (χ3v) is 2.74. The van der Waals surface area contributed by atoms with E-state index in [1.807, 2.05) is 0 Å². The zero-order chi connectivity index (χ0) is 14.7. The highest BCUT2D eigenvalue weighted by atomic mass is 19.3. The molecule has 0 radical (unpaired) electrons. The molecule has 106 valence electrons. The van der Waals surface area contributed by atoms with Crippen LogP contribution >= 0.6 is 0 Å². The van der Waals surface area contributed by atoms with Gasteiger partial charge in [-0.05, 0) is 12.1 Å². The summed E-state index contributed by atoms with van der Waals surface area (Å²) in [6.45, 7) is -0.551. The summed E-state index contributed by atoms with van der Waals surface area (Å²) in [5.41, 5.74) is 6.73. The lowest BCUT2D eigenvalue weighted by atomic mass is 10.1. The number of fused-ring (bicyclic) bond motifs is 1. The van der Waals surface area contributed by atoms with Crippen LogP contribution in [0.25, 0.3) is 10.9 Å². The van der Waals surface area contributed by atoms with Gasteiger partial charge in [0.15, 0.2) is 0 Å². The molecule has 1 heterocycles. The van der Waals surface area contributed by atoms with Crippen LogP contribution in [0.3, 0.4) is 0 Å². The van der Waals surface area contributed by atoms with Gasteiger partial charge >= 0.3 is 0 Å². The maximum Gasteiger partial charge on any atom is 0.270 e. The molecule has 0 aliphatic carbocycles. The molecule has 0 fully saturated rings. The number of amides is 1. The normalized spacial score (nSPS) is 12.6. The third kappa shape index (κ3) is 3.00. The topological polar surface area (TPSA) is 88.2 Å². The van der Waals surface area contributed by atoms with E-state index in [4.69, 9.17) is 10.8 Å². The fourth-order valence-electron chi connectivity index (χ4n) is 1.70. The number of hydrogen-bond donors (Lipinski definition) is 3. The van der Waals surface area contributed by atoms with E-state index in [0.29, 0.717) is 16.6 Å². The SMILES string of the molecule is Nc1cc(C(=O)NCC(O)C(F)F)nc2ccccc12. The van der Waals surface area contributed by atoms with E-state index in [2.05, 4.69) is 10.3 Å². The summed E-state index contributed by atoms with van der Waals surface area (Å²) >= 11 is 0. The van der Waals surface area contributed by atoms with Crippen molar-refractivity contribution in [1.82, 2.24) is 10.3 Å². The Bertz CT molecular complexity index is 634. The van der Waals surface area contributed by atoms with E-state index < -0.39 is 25.0 Å². The molecule has 0 aliphatic heterocycles. The number of hydrogen-bond acceptors (Lipinski definition) is 4. The number of nitrogens with one attached hydrogen (secondary N) is 1. The van der Waals surface area contributed by atoms with Crippen molar-refractivity contribution in [3.8, 4) is 0 Å². The van der Waals surface area contributed by atoms with E-state index in [-0.39, 0.29) is 5.69 Å². The Labute approximate surface area is 113 Å². The molecule has 0 bridgehead atoms. The van der Waals surface area contributed by atoms with Crippen LogP contribution in [-0.4, -0.2) is 35.1 Å². The molecule has 0 aliphatic rings. The van der Waals surface area contributed by atoms with Crippen LogP contribution in [-0.2, 0) is 0 Å². The molecule has 1 aromatic carbocycles. The standard InChI is InChI=1S/C13H13F2N3O2/c14-12(15)11(19)6-17-13(20)10-5-8(16)7-3-1-2-4-9(7)18-10/h1-5,11-12,19H,6H2,(H2,16,18)(H,17,20). The lowest BCUT2D eigenvalue weighted by molar-refractivity contribution is -0.00272.